The number of fused-ring (bicyclic) bond motifs is 1. The topological polar surface area (TPSA) is 28.3 Å². The number of hydrogen-bond acceptors (Lipinski definition) is 2. The molecule has 3 rings (SSSR count). The molecule has 3 heteroatoms. The molecule has 1 aromatic heterocycles. The summed E-state index contributed by atoms with van der Waals surface area (Å²) in [6, 6.07) is 14.5. The van der Waals surface area contributed by atoms with Gasteiger partial charge < -0.3 is 14.6 Å². The Kier molecular flexibility index (Phi) is 4.68. The molecule has 23 heavy (non-hydrogen) atoms. The van der Waals surface area contributed by atoms with Gasteiger partial charge in [-0.15, -0.1) is 0 Å². The van der Waals surface area contributed by atoms with Gasteiger partial charge in [-0.05, 0) is 56.3 Å². The first-order chi connectivity index (χ1) is 11.1. The van der Waals surface area contributed by atoms with Crippen LogP contribution >= 0.6 is 0 Å². The van der Waals surface area contributed by atoms with Gasteiger partial charge in [-0.25, -0.2) is 0 Å². The first-order valence-corrected chi connectivity index (χ1v) is 8.05. The van der Waals surface area contributed by atoms with Gasteiger partial charge in [0.2, 0.25) is 0 Å². The Bertz CT molecular complexity index is 775. The number of aromatic nitrogens is 1. The van der Waals surface area contributed by atoms with Crippen molar-refractivity contribution in [2.24, 2.45) is 0 Å². The van der Waals surface area contributed by atoms with E-state index in [-0.39, 0.29) is 0 Å². The molecule has 0 radical (unpaired) electrons. The molecule has 0 aliphatic heterocycles. The second kappa shape index (κ2) is 6.88. The van der Waals surface area contributed by atoms with Gasteiger partial charge in [-0.3, -0.25) is 0 Å². The highest BCUT2D eigenvalue weighted by Gasteiger charge is 2.09. The predicted octanol–water partition coefficient (Wildman–Crippen LogP) is 4.16. The standard InChI is InChI=1S/C20H24N2O/c1-15-11-18(23-14-16-7-5-4-6-8-16)12-19-17(9-10-22(2)3)13-21-20(15)19/h4-8,11-13,21H,9-10,14H2,1-3H3. The van der Waals surface area contributed by atoms with Crippen LogP contribution in [0.5, 0.6) is 5.75 Å². The van der Waals surface area contributed by atoms with Gasteiger partial charge >= 0.3 is 0 Å². The van der Waals surface area contributed by atoms with Gasteiger partial charge in [0.05, 0.1) is 0 Å². The largest absolute Gasteiger partial charge is 0.489 e. The maximum atomic E-state index is 6.01. The van der Waals surface area contributed by atoms with Gasteiger partial charge in [-0.1, -0.05) is 30.3 Å². The molecule has 0 spiro atoms. The van der Waals surface area contributed by atoms with Gasteiger partial charge in [0.25, 0.3) is 0 Å². The van der Waals surface area contributed by atoms with Crippen LogP contribution in [0.1, 0.15) is 16.7 Å². The molecule has 0 atom stereocenters. The van der Waals surface area contributed by atoms with E-state index < -0.39 is 0 Å². The van der Waals surface area contributed by atoms with Crippen molar-refractivity contribution in [3.63, 3.8) is 0 Å². The van der Waals surface area contributed by atoms with E-state index in [1.54, 1.807) is 0 Å². The minimum atomic E-state index is 0.600. The highest BCUT2D eigenvalue weighted by molar-refractivity contribution is 5.87. The smallest absolute Gasteiger partial charge is 0.120 e. The second-order valence-corrected chi connectivity index (χ2v) is 6.30. The SMILES string of the molecule is Cc1cc(OCc2ccccc2)cc2c(CCN(C)C)c[nH]c12. The normalized spacial score (nSPS) is 11.3. The Labute approximate surface area is 137 Å². The number of nitrogens with one attached hydrogen (secondary N) is 1. The lowest BCUT2D eigenvalue weighted by atomic mass is 10.1. The minimum Gasteiger partial charge on any atom is -0.489 e. The summed E-state index contributed by atoms with van der Waals surface area (Å²) in [4.78, 5) is 5.62. The van der Waals surface area contributed by atoms with Crippen LogP contribution in [-0.2, 0) is 13.0 Å². The predicted molar refractivity (Wildman–Crippen MR) is 96.1 cm³/mol. The third kappa shape index (κ3) is 3.74. The second-order valence-electron chi connectivity index (χ2n) is 6.30. The Morgan fingerprint density at radius 3 is 2.61 bits per heavy atom. The summed E-state index contributed by atoms with van der Waals surface area (Å²) >= 11 is 0. The summed E-state index contributed by atoms with van der Waals surface area (Å²) in [6.07, 6.45) is 3.16. The number of aromatic amines is 1. The van der Waals surface area contributed by atoms with Gasteiger partial charge in [-0.2, -0.15) is 0 Å². The van der Waals surface area contributed by atoms with E-state index in [0.29, 0.717) is 6.61 Å². The number of hydrogen-bond donors (Lipinski definition) is 1. The molecule has 3 nitrogen and oxygen atoms in total. The van der Waals surface area contributed by atoms with Crippen LogP contribution in [0.3, 0.4) is 0 Å². The average molecular weight is 308 g/mol. The molecule has 1 heterocycles. The van der Waals surface area contributed by atoms with Crippen LogP contribution < -0.4 is 4.74 Å². The number of ether oxygens (including phenoxy) is 1. The third-order valence-corrected chi connectivity index (χ3v) is 4.12. The van der Waals surface area contributed by atoms with Crippen LogP contribution in [0, 0.1) is 6.92 Å². The fraction of sp³-hybridized carbons (Fsp3) is 0.300. The van der Waals surface area contributed by atoms with E-state index >= 15 is 0 Å². The summed E-state index contributed by atoms with van der Waals surface area (Å²) in [5.74, 6) is 0.935. The van der Waals surface area contributed by atoms with Gasteiger partial charge in [0.15, 0.2) is 0 Å². The Balaban J connectivity index is 1.82. The van der Waals surface area contributed by atoms with Crippen molar-refractivity contribution in [3.8, 4) is 5.75 Å². The van der Waals surface area contributed by atoms with E-state index in [9.17, 15) is 0 Å². The first-order valence-electron chi connectivity index (χ1n) is 8.05. The first kappa shape index (κ1) is 15.6. The molecule has 0 amide bonds. The van der Waals surface area contributed by atoms with E-state index in [1.165, 1.54) is 27.6 Å². The van der Waals surface area contributed by atoms with Crippen LogP contribution in [0.15, 0.2) is 48.7 Å². The number of aryl methyl sites for hydroxylation is 1. The quantitative estimate of drug-likeness (QED) is 0.740. The molecule has 3 aromatic rings. The van der Waals surface area contributed by atoms with Crippen LogP contribution in [-0.4, -0.2) is 30.5 Å². The number of nitrogens with zero attached hydrogens (tertiary/aromatic N) is 1. The van der Waals surface area contributed by atoms with Crippen molar-refractivity contribution in [2.75, 3.05) is 20.6 Å². The molecule has 1 N–H and O–H groups in total. The van der Waals surface area contributed by atoms with Crippen LogP contribution in [0.4, 0.5) is 0 Å². The van der Waals surface area contributed by atoms with E-state index in [4.69, 9.17) is 4.74 Å². The maximum Gasteiger partial charge on any atom is 0.120 e. The zero-order valence-electron chi connectivity index (χ0n) is 14.1. The van der Waals surface area contributed by atoms with Crippen molar-refractivity contribution in [1.82, 2.24) is 9.88 Å². The highest BCUT2D eigenvalue weighted by atomic mass is 16.5. The van der Waals surface area contributed by atoms with Crippen molar-refractivity contribution in [3.05, 3.63) is 65.4 Å². The van der Waals surface area contributed by atoms with Crippen molar-refractivity contribution < 1.29 is 4.74 Å². The highest BCUT2D eigenvalue weighted by Crippen LogP contribution is 2.28. The zero-order chi connectivity index (χ0) is 16.2. The van der Waals surface area contributed by atoms with Crippen molar-refractivity contribution in [1.29, 1.82) is 0 Å². The number of likely N-dealkylation sites (N-methyl/N-ethyl adjacent to an activating group) is 1. The fourth-order valence-electron chi connectivity index (χ4n) is 2.81. The molecular weight excluding hydrogens is 284 g/mol. The summed E-state index contributed by atoms with van der Waals surface area (Å²) < 4.78 is 6.01. The molecule has 0 saturated heterocycles. The summed E-state index contributed by atoms with van der Waals surface area (Å²) in [5.41, 5.74) is 4.97. The molecule has 0 saturated carbocycles. The Morgan fingerprint density at radius 1 is 1.09 bits per heavy atom. The monoisotopic (exact) mass is 308 g/mol. The summed E-state index contributed by atoms with van der Waals surface area (Å²) in [6.45, 7) is 3.77. The van der Waals surface area contributed by atoms with Gasteiger partial charge in [0.1, 0.15) is 12.4 Å². The number of rotatable bonds is 6. The number of H-pyrrole nitrogens is 1. The molecule has 0 aliphatic carbocycles. The van der Waals surface area contributed by atoms with Crippen molar-refractivity contribution in [2.45, 2.75) is 20.0 Å². The molecule has 0 fully saturated rings. The lowest BCUT2D eigenvalue weighted by Crippen LogP contribution is -2.14. The average Bonchev–Trinajstić information content (AvgIpc) is 2.95. The number of benzene rings is 2. The molecule has 2 aromatic carbocycles. The Hall–Kier alpha value is -2.26. The minimum absolute atomic E-state index is 0.600. The molecule has 0 bridgehead atoms. The third-order valence-electron chi connectivity index (χ3n) is 4.12. The molecular formula is C20H24N2O. The molecule has 0 unspecified atom stereocenters. The summed E-state index contributed by atoms with van der Waals surface area (Å²) in [7, 11) is 4.21. The van der Waals surface area contributed by atoms with E-state index in [2.05, 4.69) is 61.4 Å². The fourth-order valence-corrected chi connectivity index (χ4v) is 2.81. The van der Waals surface area contributed by atoms with Crippen LogP contribution in [0.2, 0.25) is 0 Å². The lowest BCUT2D eigenvalue weighted by molar-refractivity contribution is 0.306. The van der Waals surface area contributed by atoms with E-state index in [0.717, 1.165) is 18.7 Å². The molecule has 0 aliphatic rings. The Morgan fingerprint density at radius 2 is 1.87 bits per heavy atom. The zero-order valence-corrected chi connectivity index (χ0v) is 14.1. The van der Waals surface area contributed by atoms with Crippen LogP contribution in [0.25, 0.3) is 10.9 Å². The molecule has 120 valence electrons. The maximum absolute atomic E-state index is 6.01. The van der Waals surface area contributed by atoms with Crippen molar-refractivity contribution >= 4 is 10.9 Å². The van der Waals surface area contributed by atoms with Gasteiger partial charge in [0, 0.05) is 23.6 Å². The van der Waals surface area contributed by atoms with E-state index in [1.807, 2.05) is 18.2 Å². The lowest BCUT2D eigenvalue weighted by Gasteiger charge is -2.10. The summed E-state index contributed by atoms with van der Waals surface area (Å²) in [5, 5.41) is 1.27.